The maximum Gasteiger partial charge on any atom is 0.515 e. The Morgan fingerprint density at radius 2 is 1.57 bits per heavy atom. The van der Waals surface area contributed by atoms with E-state index in [1.165, 1.54) is 11.6 Å². The van der Waals surface area contributed by atoms with Gasteiger partial charge in [-0.25, -0.2) is 19.4 Å². The van der Waals surface area contributed by atoms with Crippen LogP contribution >= 0.6 is 0 Å². The minimum Gasteiger partial charge on any atom is -0.459 e. The second kappa shape index (κ2) is 11.8. The first kappa shape index (κ1) is 28.0. The monoisotopic (exact) mass is 543 g/mol. The van der Waals surface area contributed by atoms with Gasteiger partial charge in [-0.2, -0.15) is 9.78 Å². The lowest BCUT2D eigenvalue weighted by molar-refractivity contribution is -0.140. The van der Waals surface area contributed by atoms with Crippen molar-refractivity contribution in [3.8, 4) is 22.8 Å². The zero-order valence-electron chi connectivity index (χ0n) is 22.7. The molecule has 0 aliphatic heterocycles. The van der Waals surface area contributed by atoms with E-state index in [2.05, 4.69) is 11.7 Å². The smallest absolute Gasteiger partial charge is 0.459 e. The van der Waals surface area contributed by atoms with Crippen LogP contribution in [0.1, 0.15) is 38.2 Å². The van der Waals surface area contributed by atoms with Crippen LogP contribution in [0.15, 0.2) is 78.9 Å². The zero-order valence-corrected chi connectivity index (χ0v) is 22.7. The van der Waals surface area contributed by atoms with Gasteiger partial charge in [0.2, 0.25) is 5.88 Å². The molecule has 10 heteroatoms. The number of esters is 2. The van der Waals surface area contributed by atoms with E-state index in [0.717, 1.165) is 5.39 Å². The molecular weight excluding hydrogens is 514 g/mol. The average molecular weight is 544 g/mol. The number of benzene rings is 2. The lowest BCUT2D eigenvalue weighted by Gasteiger charge is -2.19. The molecule has 2 aromatic heterocycles. The molecule has 0 amide bonds. The Morgan fingerprint density at radius 1 is 0.900 bits per heavy atom. The Labute approximate surface area is 231 Å². The van der Waals surface area contributed by atoms with Crippen LogP contribution in [0.4, 0.5) is 4.79 Å². The van der Waals surface area contributed by atoms with Gasteiger partial charge < -0.3 is 18.9 Å². The third-order valence-electron chi connectivity index (χ3n) is 5.36. The van der Waals surface area contributed by atoms with Gasteiger partial charge in [0.05, 0.1) is 22.5 Å². The van der Waals surface area contributed by atoms with Crippen LogP contribution in [0.2, 0.25) is 0 Å². The predicted octanol–water partition coefficient (Wildman–Crippen LogP) is 5.68. The number of nitrogens with zero attached hydrogens (tertiary/aromatic N) is 3. The summed E-state index contributed by atoms with van der Waals surface area (Å²) in [5.41, 5.74) is 0.848. The minimum atomic E-state index is -0.988. The third-order valence-corrected chi connectivity index (χ3v) is 5.36. The Balaban J connectivity index is 1.81. The highest BCUT2D eigenvalue weighted by Crippen LogP contribution is 2.36. The number of carbonyl (C=O) groups is 3. The Morgan fingerprint density at radius 3 is 2.27 bits per heavy atom. The molecule has 2 aromatic carbocycles. The highest BCUT2D eigenvalue weighted by Gasteiger charge is 2.31. The van der Waals surface area contributed by atoms with Crippen molar-refractivity contribution in [3.63, 3.8) is 0 Å². The van der Waals surface area contributed by atoms with Crippen LogP contribution in [-0.2, 0) is 19.0 Å². The summed E-state index contributed by atoms with van der Waals surface area (Å²) in [4.78, 5) is 42.5. The number of hydrogen-bond acceptors (Lipinski definition) is 9. The average Bonchev–Trinajstić information content (AvgIpc) is 3.28. The Bertz CT molecular complexity index is 1570. The van der Waals surface area contributed by atoms with E-state index < -0.39 is 23.7 Å². The van der Waals surface area contributed by atoms with Crippen molar-refractivity contribution >= 4 is 29.0 Å². The number of rotatable bonds is 8. The maximum absolute atomic E-state index is 13.3. The lowest BCUT2D eigenvalue weighted by Crippen LogP contribution is -2.26. The molecule has 0 spiro atoms. The number of para-hydroxylation sites is 2. The van der Waals surface area contributed by atoms with Gasteiger partial charge in [0, 0.05) is 11.0 Å². The SMILES string of the molecule is C=C(C)C(=O)OCCOC(=O)c1nn(-c2ccccc2)c(OC(=O)OC(C)(C)C)c1-c1ccc2ccccc2n1. The molecule has 0 aliphatic rings. The standard InChI is InChI=1S/C30H29N3O7/c1-19(2)27(34)37-17-18-38-28(35)25-24(23-16-15-20-11-9-10-14-22(20)31-23)26(39-29(36)40-30(3,4)5)33(32-25)21-12-7-6-8-13-21/h6-16H,1,17-18H2,2-5H3. The normalized spacial score (nSPS) is 11.1. The van der Waals surface area contributed by atoms with Crippen molar-refractivity contribution in [1.82, 2.24) is 14.8 Å². The van der Waals surface area contributed by atoms with Gasteiger partial charge in [-0.15, -0.1) is 0 Å². The number of pyridine rings is 1. The number of ether oxygens (including phenoxy) is 4. The number of fused-ring (bicyclic) bond motifs is 1. The molecule has 0 fully saturated rings. The maximum atomic E-state index is 13.3. The molecule has 0 atom stereocenters. The van der Waals surface area contributed by atoms with Gasteiger partial charge in [-0.05, 0) is 52.0 Å². The molecule has 2 heterocycles. The molecule has 0 saturated heterocycles. The number of hydrogen-bond donors (Lipinski definition) is 0. The lowest BCUT2D eigenvalue weighted by atomic mass is 10.1. The van der Waals surface area contributed by atoms with E-state index in [9.17, 15) is 14.4 Å². The quantitative estimate of drug-likeness (QED) is 0.120. The summed E-state index contributed by atoms with van der Waals surface area (Å²) >= 11 is 0. The van der Waals surface area contributed by atoms with E-state index in [-0.39, 0.29) is 35.9 Å². The Hall–Kier alpha value is -4.99. The van der Waals surface area contributed by atoms with Gasteiger partial charge in [-0.1, -0.05) is 49.0 Å². The summed E-state index contributed by atoms with van der Waals surface area (Å²) < 4.78 is 22.8. The van der Waals surface area contributed by atoms with E-state index in [1.54, 1.807) is 51.1 Å². The van der Waals surface area contributed by atoms with Crippen molar-refractivity contribution in [2.24, 2.45) is 0 Å². The first-order valence-corrected chi connectivity index (χ1v) is 12.5. The van der Waals surface area contributed by atoms with Crippen molar-refractivity contribution in [2.45, 2.75) is 33.3 Å². The van der Waals surface area contributed by atoms with Crippen LogP contribution in [0, 0.1) is 0 Å². The van der Waals surface area contributed by atoms with E-state index >= 15 is 0 Å². The molecule has 206 valence electrons. The predicted molar refractivity (Wildman–Crippen MR) is 147 cm³/mol. The Kier molecular flexibility index (Phi) is 8.28. The molecular formula is C30H29N3O7. The molecule has 0 aliphatic carbocycles. The summed E-state index contributed by atoms with van der Waals surface area (Å²) in [7, 11) is 0. The molecule has 0 bridgehead atoms. The van der Waals surface area contributed by atoms with E-state index in [4.69, 9.17) is 23.9 Å². The molecule has 0 unspecified atom stereocenters. The van der Waals surface area contributed by atoms with Crippen LogP contribution < -0.4 is 4.74 Å². The highest BCUT2D eigenvalue weighted by molar-refractivity contribution is 5.98. The van der Waals surface area contributed by atoms with Crippen LogP contribution in [0.25, 0.3) is 27.8 Å². The molecule has 4 rings (SSSR count). The molecule has 0 saturated carbocycles. The summed E-state index contributed by atoms with van der Waals surface area (Å²) in [5, 5.41) is 5.35. The fourth-order valence-electron chi connectivity index (χ4n) is 3.63. The van der Waals surface area contributed by atoms with Gasteiger partial charge in [-0.3, -0.25) is 0 Å². The van der Waals surface area contributed by atoms with Crippen LogP contribution in [0.3, 0.4) is 0 Å². The van der Waals surface area contributed by atoms with Crippen molar-refractivity contribution in [1.29, 1.82) is 0 Å². The molecule has 4 aromatic rings. The summed E-state index contributed by atoms with van der Waals surface area (Å²) in [6.45, 7) is 9.74. The number of carbonyl (C=O) groups excluding carboxylic acids is 3. The van der Waals surface area contributed by atoms with E-state index in [0.29, 0.717) is 16.9 Å². The van der Waals surface area contributed by atoms with Crippen LogP contribution in [-0.4, -0.2) is 51.7 Å². The third kappa shape index (κ3) is 6.71. The minimum absolute atomic E-state index is 0.0797. The second-order valence-electron chi connectivity index (χ2n) is 9.78. The fraction of sp³-hybridized carbons (Fsp3) is 0.233. The van der Waals surface area contributed by atoms with E-state index in [1.807, 2.05) is 36.4 Å². The largest absolute Gasteiger partial charge is 0.515 e. The van der Waals surface area contributed by atoms with Crippen molar-refractivity contribution < 1.29 is 33.3 Å². The highest BCUT2D eigenvalue weighted by atomic mass is 16.7. The van der Waals surface area contributed by atoms with Gasteiger partial charge in [0.1, 0.15) is 18.8 Å². The second-order valence-corrected chi connectivity index (χ2v) is 9.78. The van der Waals surface area contributed by atoms with Crippen LogP contribution in [0.5, 0.6) is 5.88 Å². The van der Waals surface area contributed by atoms with Gasteiger partial charge in [0.15, 0.2) is 5.69 Å². The topological polar surface area (TPSA) is 119 Å². The number of aromatic nitrogens is 3. The summed E-state index contributed by atoms with van der Waals surface area (Å²) in [5.74, 6) is -1.51. The zero-order chi connectivity index (χ0) is 28.9. The van der Waals surface area contributed by atoms with Crippen molar-refractivity contribution in [3.05, 3.63) is 84.6 Å². The van der Waals surface area contributed by atoms with Gasteiger partial charge in [0.25, 0.3) is 0 Å². The summed E-state index contributed by atoms with van der Waals surface area (Å²) in [6, 6.07) is 19.8. The van der Waals surface area contributed by atoms with Crippen molar-refractivity contribution in [2.75, 3.05) is 13.2 Å². The molecule has 0 N–H and O–H groups in total. The molecule has 0 radical (unpaired) electrons. The molecule has 10 nitrogen and oxygen atoms in total. The first-order valence-electron chi connectivity index (χ1n) is 12.5. The molecule has 40 heavy (non-hydrogen) atoms. The summed E-state index contributed by atoms with van der Waals surface area (Å²) in [6.07, 6.45) is -0.988. The van der Waals surface area contributed by atoms with Gasteiger partial charge >= 0.3 is 18.1 Å². The first-order chi connectivity index (χ1) is 19.0. The fourth-order valence-corrected chi connectivity index (χ4v) is 3.63.